The summed E-state index contributed by atoms with van der Waals surface area (Å²) in [5, 5.41) is 10.5. The van der Waals surface area contributed by atoms with E-state index in [1.54, 1.807) is 0 Å². The molecule has 0 bridgehead atoms. The zero-order chi connectivity index (χ0) is 22.5. The van der Waals surface area contributed by atoms with Gasteiger partial charge >= 0.3 is 0 Å². The Morgan fingerprint density at radius 3 is 2.27 bits per heavy atom. The highest BCUT2D eigenvalue weighted by atomic mass is 15.3. The van der Waals surface area contributed by atoms with E-state index in [2.05, 4.69) is 48.5 Å². The fourth-order valence-electron chi connectivity index (χ4n) is 3.81. The van der Waals surface area contributed by atoms with E-state index < -0.39 is 0 Å². The number of aromatic nitrogens is 5. The number of benzene rings is 1. The van der Waals surface area contributed by atoms with Gasteiger partial charge in [0.05, 0.1) is 0 Å². The zero-order valence-corrected chi connectivity index (χ0v) is 18.5. The average molecular weight is 439 g/mol. The zero-order valence-electron chi connectivity index (χ0n) is 18.5. The lowest BCUT2D eigenvalue weighted by atomic mass is 10.2. The topological polar surface area (TPSA) is 85.9 Å². The Kier molecular flexibility index (Phi) is 5.97. The van der Waals surface area contributed by atoms with Crippen LogP contribution in [0.3, 0.4) is 0 Å². The number of aromatic amines is 1. The van der Waals surface area contributed by atoms with Gasteiger partial charge in [-0.3, -0.25) is 5.10 Å². The first-order valence-corrected chi connectivity index (χ1v) is 11.1. The van der Waals surface area contributed by atoms with Crippen molar-refractivity contribution in [1.29, 1.82) is 0 Å². The van der Waals surface area contributed by atoms with E-state index in [9.17, 15) is 0 Å². The number of aryl methyl sites for hydroxylation is 1. The molecule has 1 aliphatic rings. The summed E-state index contributed by atoms with van der Waals surface area (Å²) >= 11 is 0. The Bertz CT molecular complexity index is 1210. The maximum Gasteiger partial charge on any atom is 0.156 e. The van der Waals surface area contributed by atoms with Crippen molar-refractivity contribution in [3.05, 3.63) is 83.9 Å². The molecule has 8 nitrogen and oxygen atoms in total. The van der Waals surface area contributed by atoms with Crippen molar-refractivity contribution in [2.45, 2.75) is 6.92 Å². The Hall–Kier alpha value is -4.20. The van der Waals surface area contributed by atoms with Gasteiger partial charge in [-0.05, 0) is 30.7 Å². The molecular weight excluding hydrogens is 412 g/mol. The Labute approximate surface area is 193 Å². The molecule has 0 saturated carbocycles. The van der Waals surface area contributed by atoms with Gasteiger partial charge in [0, 0.05) is 50.2 Å². The summed E-state index contributed by atoms with van der Waals surface area (Å²) in [6, 6.07) is 20.1. The van der Waals surface area contributed by atoms with Gasteiger partial charge in [-0.15, -0.1) is 0 Å². The number of pyridine rings is 1. The van der Waals surface area contributed by atoms with Gasteiger partial charge in [0.15, 0.2) is 11.6 Å². The van der Waals surface area contributed by atoms with Gasteiger partial charge in [-0.2, -0.15) is 5.10 Å². The lowest BCUT2D eigenvalue weighted by Crippen LogP contribution is -2.47. The van der Waals surface area contributed by atoms with Gasteiger partial charge in [0.25, 0.3) is 0 Å². The molecule has 4 heterocycles. The number of nitrogens with one attached hydrogen (secondary N) is 2. The average Bonchev–Trinajstić information content (AvgIpc) is 3.28. The fraction of sp³-hybridized carbons (Fsp3) is 0.200. The third-order valence-corrected chi connectivity index (χ3v) is 5.49. The second-order valence-corrected chi connectivity index (χ2v) is 7.94. The van der Waals surface area contributed by atoms with Crippen molar-refractivity contribution in [3.8, 4) is 0 Å². The van der Waals surface area contributed by atoms with Crippen LogP contribution >= 0.6 is 0 Å². The lowest BCUT2D eigenvalue weighted by Gasteiger charge is -2.36. The molecule has 1 saturated heterocycles. The standard InChI is InChI=1S/C25H26N8/c1-19-17-23(31-30-19)28-22-18-25(29-21(27-22)11-10-20-7-3-2-4-8-20)33-15-13-32(14-16-33)24-9-5-6-12-26-24/h2-12,17-18H,13-16H2,1H3,(H2,27,28,29,30,31). The largest absolute Gasteiger partial charge is 0.353 e. The van der Waals surface area contributed by atoms with E-state index in [4.69, 9.17) is 9.97 Å². The molecular formula is C25H26N8. The molecule has 4 aromatic rings. The maximum absolute atomic E-state index is 4.84. The first kappa shape index (κ1) is 20.7. The first-order chi connectivity index (χ1) is 16.2. The number of rotatable bonds is 6. The summed E-state index contributed by atoms with van der Waals surface area (Å²) in [6.07, 6.45) is 5.82. The molecule has 0 unspecified atom stereocenters. The van der Waals surface area contributed by atoms with Gasteiger partial charge in [-0.25, -0.2) is 15.0 Å². The van der Waals surface area contributed by atoms with E-state index in [0.29, 0.717) is 11.6 Å². The van der Waals surface area contributed by atoms with Crippen LogP contribution in [-0.4, -0.2) is 51.3 Å². The molecule has 0 spiro atoms. The summed E-state index contributed by atoms with van der Waals surface area (Å²) in [5.41, 5.74) is 2.09. The van der Waals surface area contributed by atoms with E-state index in [1.165, 1.54) is 0 Å². The minimum absolute atomic E-state index is 0.651. The van der Waals surface area contributed by atoms with Gasteiger partial charge in [0.2, 0.25) is 0 Å². The lowest BCUT2D eigenvalue weighted by molar-refractivity contribution is 0.641. The molecule has 33 heavy (non-hydrogen) atoms. The number of hydrogen-bond acceptors (Lipinski definition) is 7. The summed E-state index contributed by atoms with van der Waals surface area (Å²) < 4.78 is 0. The molecule has 3 aromatic heterocycles. The molecule has 2 N–H and O–H groups in total. The summed E-state index contributed by atoms with van der Waals surface area (Å²) in [5.74, 6) is 4.01. The Balaban J connectivity index is 1.38. The molecule has 8 heteroatoms. The fourth-order valence-corrected chi connectivity index (χ4v) is 3.81. The van der Waals surface area contributed by atoms with Gasteiger partial charge in [0.1, 0.15) is 17.5 Å². The van der Waals surface area contributed by atoms with E-state index >= 15 is 0 Å². The Morgan fingerprint density at radius 1 is 0.818 bits per heavy atom. The van der Waals surface area contributed by atoms with Crippen LogP contribution in [0.1, 0.15) is 17.1 Å². The maximum atomic E-state index is 4.84. The second-order valence-electron chi connectivity index (χ2n) is 7.94. The smallest absolute Gasteiger partial charge is 0.156 e. The number of nitrogens with zero attached hydrogens (tertiary/aromatic N) is 6. The minimum Gasteiger partial charge on any atom is -0.353 e. The molecule has 1 fully saturated rings. The van der Waals surface area contributed by atoms with E-state index in [1.807, 2.05) is 67.7 Å². The predicted molar refractivity (Wildman–Crippen MR) is 133 cm³/mol. The van der Waals surface area contributed by atoms with Crippen LogP contribution in [0.5, 0.6) is 0 Å². The first-order valence-electron chi connectivity index (χ1n) is 11.1. The molecule has 1 aromatic carbocycles. The highest BCUT2D eigenvalue weighted by Crippen LogP contribution is 2.22. The molecule has 166 valence electrons. The van der Waals surface area contributed by atoms with Crippen LogP contribution in [0.15, 0.2) is 66.9 Å². The number of anilines is 4. The molecule has 1 aliphatic heterocycles. The van der Waals surface area contributed by atoms with E-state index in [-0.39, 0.29) is 0 Å². The molecule has 0 aliphatic carbocycles. The van der Waals surface area contributed by atoms with Crippen LogP contribution < -0.4 is 15.1 Å². The van der Waals surface area contributed by atoms with Crippen molar-refractivity contribution in [3.63, 3.8) is 0 Å². The van der Waals surface area contributed by atoms with Crippen molar-refractivity contribution < 1.29 is 0 Å². The normalized spacial score (nSPS) is 14.1. The molecule has 0 atom stereocenters. The third kappa shape index (κ3) is 5.17. The number of piperazine rings is 1. The van der Waals surface area contributed by atoms with Crippen LogP contribution in [0, 0.1) is 6.92 Å². The summed E-state index contributed by atoms with van der Waals surface area (Å²) in [7, 11) is 0. The summed E-state index contributed by atoms with van der Waals surface area (Å²) in [4.78, 5) is 18.6. The third-order valence-electron chi connectivity index (χ3n) is 5.49. The van der Waals surface area contributed by atoms with Crippen LogP contribution in [-0.2, 0) is 0 Å². The molecule has 0 radical (unpaired) electrons. The minimum atomic E-state index is 0.651. The summed E-state index contributed by atoms with van der Waals surface area (Å²) in [6.45, 7) is 5.46. The predicted octanol–water partition coefficient (Wildman–Crippen LogP) is 4.14. The van der Waals surface area contributed by atoms with Crippen molar-refractivity contribution in [2.24, 2.45) is 0 Å². The van der Waals surface area contributed by atoms with Crippen LogP contribution in [0.4, 0.5) is 23.3 Å². The van der Waals surface area contributed by atoms with Crippen molar-refractivity contribution >= 4 is 35.4 Å². The van der Waals surface area contributed by atoms with Gasteiger partial charge in [-0.1, -0.05) is 42.5 Å². The van der Waals surface area contributed by atoms with Crippen LogP contribution in [0.25, 0.3) is 12.2 Å². The monoisotopic (exact) mass is 438 g/mol. The number of hydrogen-bond donors (Lipinski definition) is 2. The highest BCUT2D eigenvalue weighted by molar-refractivity contribution is 5.69. The number of H-pyrrole nitrogens is 1. The van der Waals surface area contributed by atoms with E-state index in [0.717, 1.165) is 54.9 Å². The molecule has 0 amide bonds. The SMILES string of the molecule is Cc1cc(Nc2cc(N3CCN(c4ccccn4)CC3)nc(C=Cc3ccccc3)n2)n[nH]1. The Morgan fingerprint density at radius 2 is 1.58 bits per heavy atom. The second kappa shape index (κ2) is 9.52. The highest BCUT2D eigenvalue weighted by Gasteiger charge is 2.20. The van der Waals surface area contributed by atoms with Gasteiger partial charge < -0.3 is 15.1 Å². The quantitative estimate of drug-likeness (QED) is 0.468. The van der Waals surface area contributed by atoms with Crippen molar-refractivity contribution in [1.82, 2.24) is 25.1 Å². The van der Waals surface area contributed by atoms with Crippen molar-refractivity contribution in [2.75, 3.05) is 41.3 Å². The molecule has 5 rings (SSSR count). The van der Waals surface area contributed by atoms with Crippen LogP contribution in [0.2, 0.25) is 0 Å².